The molecule has 4 nitrogen and oxygen atoms in total. The van der Waals surface area contributed by atoms with Crippen molar-refractivity contribution in [3.8, 4) is 5.75 Å². The minimum Gasteiger partial charge on any atom is -0.493 e. The van der Waals surface area contributed by atoms with Gasteiger partial charge in [-0.2, -0.15) is 0 Å². The average Bonchev–Trinajstić information content (AvgIpc) is 2.61. The molecule has 0 unspecified atom stereocenters. The van der Waals surface area contributed by atoms with E-state index in [2.05, 4.69) is 48.9 Å². The average molecular weight is 339 g/mol. The van der Waals surface area contributed by atoms with Crippen molar-refractivity contribution in [1.82, 2.24) is 14.9 Å². The number of para-hydroxylation sites is 1. The van der Waals surface area contributed by atoms with Crippen LogP contribution in [0.5, 0.6) is 5.75 Å². The fraction of sp³-hybridized carbons (Fsp3) is 0.524. The zero-order chi connectivity index (χ0) is 17.6. The van der Waals surface area contributed by atoms with Crippen LogP contribution in [0.2, 0.25) is 0 Å². The number of piperidine rings is 1. The van der Waals surface area contributed by atoms with Crippen molar-refractivity contribution in [2.24, 2.45) is 5.92 Å². The molecule has 1 saturated heterocycles. The van der Waals surface area contributed by atoms with Crippen molar-refractivity contribution >= 4 is 0 Å². The molecule has 0 saturated carbocycles. The summed E-state index contributed by atoms with van der Waals surface area (Å²) in [6.07, 6.45) is 4.35. The van der Waals surface area contributed by atoms with E-state index in [9.17, 15) is 0 Å². The largest absolute Gasteiger partial charge is 0.493 e. The molecule has 134 valence electrons. The van der Waals surface area contributed by atoms with E-state index in [1.165, 1.54) is 18.4 Å². The lowest BCUT2D eigenvalue weighted by Gasteiger charge is -2.32. The number of nitrogens with zero attached hydrogens (tertiary/aromatic N) is 3. The van der Waals surface area contributed by atoms with Crippen LogP contribution in [0.25, 0.3) is 0 Å². The quantitative estimate of drug-likeness (QED) is 0.790. The highest BCUT2D eigenvalue weighted by Gasteiger charge is 2.21. The van der Waals surface area contributed by atoms with E-state index in [1.54, 1.807) is 0 Å². The molecule has 1 aromatic heterocycles. The number of aryl methyl sites for hydroxylation is 1. The van der Waals surface area contributed by atoms with Gasteiger partial charge in [0.1, 0.15) is 11.6 Å². The second-order valence-corrected chi connectivity index (χ2v) is 7.38. The maximum atomic E-state index is 6.07. The van der Waals surface area contributed by atoms with E-state index in [1.807, 2.05) is 18.3 Å². The number of rotatable bonds is 6. The molecular formula is C21H29N3O. The van der Waals surface area contributed by atoms with Crippen molar-refractivity contribution in [3.63, 3.8) is 0 Å². The van der Waals surface area contributed by atoms with Crippen LogP contribution in [0.4, 0.5) is 0 Å². The first kappa shape index (κ1) is 17.9. The van der Waals surface area contributed by atoms with Crippen LogP contribution in [0.15, 0.2) is 36.5 Å². The molecule has 1 aliphatic heterocycles. The summed E-state index contributed by atoms with van der Waals surface area (Å²) < 4.78 is 6.07. The van der Waals surface area contributed by atoms with Crippen molar-refractivity contribution in [2.75, 3.05) is 19.7 Å². The predicted octanol–water partition coefficient (Wildman–Crippen LogP) is 4.20. The van der Waals surface area contributed by atoms with Gasteiger partial charge in [-0.05, 0) is 44.0 Å². The summed E-state index contributed by atoms with van der Waals surface area (Å²) >= 11 is 0. The molecule has 2 heterocycles. The van der Waals surface area contributed by atoms with Gasteiger partial charge in [0.2, 0.25) is 0 Å². The Balaban J connectivity index is 1.54. The maximum absolute atomic E-state index is 6.07. The minimum absolute atomic E-state index is 0.372. The number of hydrogen-bond acceptors (Lipinski definition) is 4. The Bertz CT molecular complexity index is 686. The molecule has 1 atom stereocenters. The molecule has 25 heavy (non-hydrogen) atoms. The lowest BCUT2D eigenvalue weighted by molar-refractivity contribution is 0.123. The monoisotopic (exact) mass is 339 g/mol. The van der Waals surface area contributed by atoms with Gasteiger partial charge in [-0.15, -0.1) is 0 Å². The third-order valence-corrected chi connectivity index (χ3v) is 4.81. The number of aromatic nitrogens is 2. The Morgan fingerprint density at radius 1 is 1.24 bits per heavy atom. The van der Waals surface area contributed by atoms with Crippen LogP contribution in [-0.2, 0) is 6.54 Å². The van der Waals surface area contributed by atoms with Crippen LogP contribution in [-0.4, -0.2) is 34.6 Å². The van der Waals surface area contributed by atoms with Gasteiger partial charge in [-0.3, -0.25) is 4.90 Å². The second-order valence-electron chi connectivity index (χ2n) is 7.38. The molecule has 0 amide bonds. The molecular weight excluding hydrogens is 310 g/mol. The summed E-state index contributed by atoms with van der Waals surface area (Å²) in [5.41, 5.74) is 2.33. The minimum atomic E-state index is 0.372. The van der Waals surface area contributed by atoms with E-state index in [0.717, 1.165) is 43.5 Å². The number of benzene rings is 1. The smallest absolute Gasteiger partial charge is 0.131 e. The Kier molecular flexibility index (Phi) is 6.03. The second kappa shape index (κ2) is 8.43. The number of hydrogen-bond donors (Lipinski definition) is 0. The highest BCUT2D eigenvalue weighted by molar-refractivity contribution is 5.31. The van der Waals surface area contributed by atoms with Gasteiger partial charge < -0.3 is 4.74 Å². The molecule has 1 aromatic carbocycles. The fourth-order valence-electron chi connectivity index (χ4n) is 3.37. The normalized spacial score (nSPS) is 18.5. The molecule has 0 N–H and O–H groups in total. The van der Waals surface area contributed by atoms with E-state index < -0.39 is 0 Å². The third kappa shape index (κ3) is 5.02. The first-order chi connectivity index (χ1) is 12.1. The Morgan fingerprint density at radius 2 is 2.08 bits per heavy atom. The fourth-order valence-corrected chi connectivity index (χ4v) is 3.37. The van der Waals surface area contributed by atoms with Crippen LogP contribution < -0.4 is 4.74 Å². The highest BCUT2D eigenvalue weighted by atomic mass is 16.5. The molecule has 2 aromatic rings. The summed E-state index contributed by atoms with van der Waals surface area (Å²) in [5, 5.41) is 0. The van der Waals surface area contributed by atoms with E-state index in [4.69, 9.17) is 9.72 Å². The lowest BCUT2D eigenvalue weighted by Crippen LogP contribution is -2.37. The van der Waals surface area contributed by atoms with Gasteiger partial charge in [-0.1, -0.05) is 32.0 Å². The van der Waals surface area contributed by atoms with Crippen LogP contribution in [0, 0.1) is 12.8 Å². The van der Waals surface area contributed by atoms with E-state index >= 15 is 0 Å². The van der Waals surface area contributed by atoms with Crippen molar-refractivity contribution in [3.05, 3.63) is 53.6 Å². The first-order valence-corrected chi connectivity index (χ1v) is 9.34. The van der Waals surface area contributed by atoms with E-state index in [-0.39, 0.29) is 0 Å². The summed E-state index contributed by atoms with van der Waals surface area (Å²) in [7, 11) is 0. The van der Waals surface area contributed by atoms with Gasteiger partial charge in [0.05, 0.1) is 12.3 Å². The van der Waals surface area contributed by atoms with Gasteiger partial charge >= 0.3 is 0 Å². The first-order valence-electron chi connectivity index (χ1n) is 9.34. The molecule has 1 fully saturated rings. The van der Waals surface area contributed by atoms with Crippen LogP contribution in [0.3, 0.4) is 0 Å². The zero-order valence-corrected chi connectivity index (χ0v) is 15.6. The molecule has 0 radical (unpaired) electrons. The standard InChI is InChI=1S/C21H29N3O/c1-16(2)21-22-11-10-19(23-21)14-24-12-6-8-18(13-24)15-25-20-9-5-4-7-17(20)3/h4-5,7,9-11,16,18H,6,8,12-15H2,1-3H3/t18-/m0/s1. The number of ether oxygens (including phenoxy) is 1. The van der Waals surface area contributed by atoms with E-state index in [0.29, 0.717) is 11.8 Å². The molecule has 4 heteroatoms. The third-order valence-electron chi connectivity index (χ3n) is 4.81. The summed E-state index contributed by atoms with van der Waals surface area (Å²) in [4.78, 5) is 11.6. The topological polar surface area (TPSA) is 38.2 Å². The Hall–Kier alpha value is -1.94. The highest BCUT2D eigenvalue weighted by Crippen LogP contribution is 2.22. The van der Waals surface area contributed by atoms with Crippen molar-refractivity contribution in [2.45, 2.75) is 46.1 Å². The van der Waals surface area contributed by atoms with Gasteiger partial charge in [0, 0.05) is 31.1 Å². The summed E-state index contributed by atoms with van der Waals surface area (Å²) in [6, 6.07) is 10.3. The molecule has 1 aliphatic rings. The number of likely N-dealkylation sites (tertiary alicyclic amines) is 1. The van der Waals surface area contributed by atoms with Crippen LogP contribution >= 0.6 is 0 Å². The summed E-state index contributed by atoms with van der Waals surface area (Å²) in [6.45, 7) is 10.3. The lowest BCUT2D eigenvalue weighted by atomic mass is 9.99. The zero-order valence-electron chi connectivity index (χ0n) is 15.6. The van der Waals surface area contributed by atoms with Crippen molar-refractivity contribution in [1.29, 1.82) is 0 Å². The molecule has 0 bridgehead atoms. The van der Waals surface area contributed by atoms with Crippen LogP contribution in [0.1, 0.15) is 49.7 Å². The van der Waals surface area contributed by atoms with Gasteiger partial charge in [-0.25, -0.2) is 9.97 Å². The van der Waals surface area contributed by atoms with Gasteiger partial charge in [0.25, 0.3) is 0 Å². The molecule has 0 spiro atoms. The SMILES string of the molecule is Cc1ccccc1OC[C@H]1CCCN(Cc2ccnc(C(C)C)n2)C1. The maximum Gasteiger partial charge on any atom is 0.131 e. The molecule has 0 aliphatic carbocycles. The predicted molar refractivity (Wildman–Crippen MR) is 101 cm³/mol. The Morgan fingerprint density at radius 3 is 2.88 bits per heavy atom. The van der Waals surface area contributed by atoms with Crippen molar-refractivity contribution < 1.29 is 4.74 Å². The molecule has 3 rings (SSSR count). The van der Waals surface area contributed by atoms with Gasteiger partial charge in [0.15, 0.2) is 0 Å². The Labute approximate surface area is 151 Å². The summed E-state index contributed by atoms with van der Waals surface area (Å²) in [5.74, 6) is 2.90.